The zero-order chi connectivity index (χ0) is 14.8. The molecule has 1 aromatic carbocycles. The Balaban J connectivity index is 2.48. The second-order valence-corrected chi connectivity index (χ2v) is 5.32. The molecule has 0 aliphatic carbocycles. The molecule has 0 bridgehead atoms. The SMILES string of the molecule is COc1ccc([N+](=O)[O-])cc1S(=O)(=O)Nc1ccn[nH]1. The number of sulfonamides is 1. The Kier molecular flexibility index (Phi) is 3.57. The van der Waals surface area contributed by atoms with E-state index in [9.17, 15) is 18.5 Å². The second-order valence-electron chi connectivity index (χ2n) is 3.67. The number of hydrogen-bond acceptors (Lipinski definition) is 6. The number of nitrogens with one attached hydrogen (secondary N) is 2. The highest BCUT2D eigenvalue weighted by molar-refractivity contribution is 7.92. The molecule has 106 valence electrons. The molecule has 0 saturated carbocycles. The second kappa shape index (κ2) is 5.17. The van der Waals surface area contributed by atoms with E-state index in [0.29, 0.717) is 0 Å². The Morgan fingerprint density at radius 3 is 2.70 bits per heavy atom. The maximum Gasteiger partial charge on any atom is 0.271 e. The maximum atomic E-state index is 12.2. The van der Waals surface area contributed by atoms with E-state index in [-0.39, 0.29) is 22.2 Å². The Morgan fingerprint density at radius 2 is 2.15 bits per heavy atom. The van der Waals surface area contributed by atoms with Gasteiger partial charge in [-0.2, -0.15) is 5.10 Å². The molecular formula is C10H10N4O5S. The van der Waals surface area contributed by atoms with Gasteiger partial charge in [0.05, 0.1) is 18.2 Å². The number of ether oxygens (including phenoxy) is 1. The molecule has 2 rings (SSSR count). The van der Waals surface area contributed by atoms with Crippen LogP contribution >= 0.6 is 0 Å². The molecule has 0 radical (unpaired) electrons. The number of non-ortho nitro benzene ring substituents is 1. The third-order valence-corrected chi connectivity index (χ3v) is 3.78. The number of nitro groups is 1. The van der Waals surface area contributed by atoms with Crippen molar-refractivity contribution < 1.29 is 18.1 Å². The predicted molar refractivity (Wildman–Crippen MR) is 69.0 cm³/mol. The zero-order valence-corrected chi connectivity index (χ0v) is 11.0. The predicted octanol–water partition coefficient (Wildman–Crippen LogP) is 1.13. The molecule has 10 heteroatoms. The van der Waals surface area contributed by atoms with Gasteiger partial charge in [-0.05, 0) is 6.07 Å². The lowest BCUT2D eigenvalue weighted by atomic mass is 10.3. The number of hydrogen-bond donors (Lipinski definition) is 2. The molecule has 0 amide bonds. The van der Waals surface area contributed by atoms with Crippen molar-refractivity contribution in [1.29, 1.82) is 0 Å². The Morgan fingerprint density at radius 1 is 1.40 bits per heavy atom. The largest absolute Gasteiger partial charge is 0.495 e. The first-order valence-electron chi connectivity index (χ1n) is 5.28. The number of rotatable bonds is 5. The quantitative estimate of drug-likeness (QED) is 0.629. The summed E-state index contributed by atoms with van der Waals surface area (Å²) in [5.41, 5.74) is -0.351. The summed E-state index contributed by atoms with van der Waals surface area (Å²) in [5.74, 6) is 0.140. The first-order chi connectivity index (χ1) is 9.44. The number of aromatic amines is 1. The molecule has 0 atom stereocenters. The van der Waals surface area contributed by atoms with Gasteiger partial charge in [0, 0.05) is 18.2 Å². The molecule has 0 aliphatic rings. The average molecular weight is 298 g/mol. The van der Waals surface area contributed by atoms with Crippen molar-refractivity contribution in [2.24, 2.45) is 0 Å². The summed E-state index contributed by atoms with van der Waals surface area (Å²) in [6.07, 6.45) is 1.36. The highest BCUT2D eigenvalue weighted by Crippen LogP contribution is 2.29. The Hall–Kier alpha value is -2.62. The molecule has 9 nitrogen and oxygen atoms in total. The van der Waals surface area contributed by atoms with Crippen LogP contribution in [0.5, 0.6) is 5.75 Å². The summed E-state index contributed by atoms with van der Waals surface area (Å²) in [7, 11) is -2.76. The van der Waals surface area contributed by atoms with Crippen LogP contribution in [-0.4, -0.2) is 30.6 Å². The normalized spacial score (nSPS) is 11.1. The fraction of sp³-hybridized carbons (Fsp3) is 0.100. The lowest BCUT2D eigenvalue weighted by molar-refractivity contribution is -0.385. The third-order valence-electron chi connectivity index (χ3n) is 2.39. The van der Waals surface area contributed by atoms with Crippen LogP contribution in [-0.2, 0) is 10.0 Å². The van der Waals surface area contributed by atoms with Crippen molar-refractivity contribution in [3.8, 4) is 5.75 Å². The first-order valence-corrected chi connectivity index (χ1v) is 6.77. The molecule has 1 heterocycles. The fourth-order valence-corrected chi connectivity index (χ4v) is 2.71. The van der Waals surface area contributed by atoms with E-state index in [2.05, 4.69) is 14.9 Å². The van der Waals surface area contributed by atoms with E-state index < -0.39 is 14.9 Å². The van der Waals surface area contributed by atoms with Crippen molar-refractivity contribution in [3.05, 3.63) is 40.6 Å². The molecule has 2 aromatic rings. The van der Waals surface area contributed by atoms with Crippen LogP contribution in [0.1, 0.15) is 0 Å². The van der Waals surface area contributed by atoms with E-state index in [1.165, 1.54) is 25.4 Å². The van der Waals surface area contributed by atoms with Gasteiger partial charge in [0.25, 0.3) is 15.7 Å². The summed E-state index contributed by atoms with van der Waals surface area (Å²) in [5, 5.41) is 16.7. The van der Waals surface area contributed by atoms with Crippen LogP contribution in [0.25, 0.3) is 0 Å². The van der Waals surface area contributed by atoms with Gasteiger partial charge in [0.1, 0.15) is 16.5 Å². The summed E-state index contributed by atoms with van der Waals surface area (Å²) < 4.78 is 31.5. The van der Waals surface area contributed by atoms with Crippen LogP contribution < -0.4 is 9.46 Å². The van der Waals surface area contributed by atoms with Crippen molar-refractivity contribution >= 4 is 21.5 Å². The highest BCUT2D eigenvalue weighted by atomic mass is 32.2. The minimum Gasteiger partial charge on any atom is -0.495 e. The lowest BCUT2D eigenvalue weighted by Crippen LogP contribution is -2.14. The van der Waals surface area contributed by atoms with Crippen molar-refractivity contribution in [1.82, 2.24) is 10.2 Å². The van der Waals surface area contributed by atoms with Crippen molar-refractivity contribution in [2.45, 2.75) is 4.90 Å². The van der Waals surface area contributed by atoms with E-state index in [1.54, 1.807) is 0 Å². The van der Waals surface area contributed by atoms with Crippen LogP contribution in [0, 0.1) is 10.1 Å². The molecule has 0 saturated heterocycles. The summed E-state index contributed by atoms with van der Waals surface area (Å²) in [6, 6.07) is 4.71. The number of benzene rings is 1. The van der Waals surface area contributed by atoms with Gasteiger partial charge in [-0.15, -0.1) is 0 Å². The average Bonchev–Trinajstić information content (AvgIpc) is 2.90. The minimum atomic E-state index is -4.03. The number of methoxy groups -OCH3 is 1. The molecule has 2 N–H and O–H groups in total. The van der Waals surface area contributed by atoms with Crippen molar-refractivity contribution in [3.63, 3.8) is 0 Å². The van der Waals surface area contributed by atoms with Gasteiger partial charge in [0.15, 0.2) is 0 Å². The van der Waals surface area contributed by atoms with E-state index in [0.717, 1.165) is 12.1 Å². The topological polar surface area (TPSA) is 127 Å². The lowest BCUT2D eigenvalue weighted by Gasteiger charge is -2.10. The first kappa shape index (κ1) is 13.8. The molecule has 0 fully saturated rings. The molecular weight excluding hydrogens is 288 g/mol. The van der Waals surface area contributed by atoms with E-state index >= 15 is 0 Å². The maximum absolute atomic E-state index is 12.2. The number of nitro benzene ring substituents is 1. The standard InChI is InChI=1S/C10H10N4O5S/c1-19-8-3-2-7(14(15)16)6-9(8)20(17,18)13-10-4-5-11-12-10/h2-6H,1H3,(H2,11,12,13). The van der Waals surface area contributed by atoms with Crippen LogP contribution in [0.2, 0.25) is 0 Å². The van der Waals surface area contributed by atoms with Gasteiger partial charge in [-0.3, -0.25) is 19.9 Å². The van der Waals surface area contributed by atoms with E-state index in [1.807, 2.05) is 0 Å². The van der Waals surface area contributed by atoms with E-state index in [4.69, 9.17) is 4.74 Å². The van der Waals surface area contributed by atoms with Gasteiger partial charge in [-0.25, -0.2) is 8.42 Å². The van der Waals surface area contributed by atoms with Gasteiger partial charge >= 0.3 is 0 Å². The summed E-state index contributed by atoms with van der Waals surface area (Å²) in [4.78, 5) is 9.71. The summed E-state index contributed by atoms with van der Waals surface area (Å²) in [6.45, 7) is 0. The van der Waals surface area contributed by atoms with Gasteiger partial charge in [0.2, 0.25) is 0 Å². The Bertz CT molecular complexity index is 726. The van der Waals surface area contributed by atoms with Gasteiger partial charge in [-0.1, -0.05) is 0 Å². The van der Waals surface area contributed by atoms with Crippen LogP contribution in [0.4, 0.5) is 11.5 Å². The minimum absolute atomic E-state index is 0.00242. The molecule has 0 unspecified atom stereocenters. The van der Waals surface area contributed by atoms with Crippen molar-refractivity contribution in [2.75, 3.05) is 11.8 Å². The smallest absolute Gasteiger partial charge is 0.271 e. The fourth-order valence-electron chi connectivity index (χ4n) is 1.50. The summed E-state index contributed by atoms with van der Waals surface area (Å²) >= 11 is 0. The monoisotopic (exact) mass is 298 g/mol. The molecule has 0 aliphatic heterocycles. The number of H-pyrrole nitrogens is 1. The number of aromatic nitrogens is 2. The molecule has 20 heavy (non-hydrogen) atoms. The van der Waals surface area contributed by atoms with Gasteiger partial charge < -0.3 is 4.74 Å². The Labute approximate surface area is 113 Å². The number of nitrogens with zero attached hydrogens (tertiary/aromatic N) is 2. The van der Waals surface area contributed by atoms with Crippen LogP contribution in [0.3, 0.4) is 0 Å². The zero-order valence-electron chi connectivity index (χ0n) is 10.2. The number of anilines is 1. The highest BCUT2D eigenvalue weighted by Gasteiger charge is 2.23. The van der Waals surface area contributed by atoms with Crippen LogP contribution in [0.15, 0.2) is 35.4 Å². The molecule has 0 spiro atoms. The third kappa shape index (κ3) is 2.69. The molecule has 1 aromatic heterocycles.